The van der Waals surface area contributed by atoms with E-state index in [1.807, 2.05) is 0 Å². The van der Waals surface area contributed by atoms with Gasteiger partial charge in [0.05, 0.1) is 12.7 Å². The van der Waals surface area contributed by atoms with E-state index in [9.17, 15) is 22.0 Å². The maximum absolute atomic E-state index is 12.5. The topological polar surface area (TPSA) is 22.1 Å². The van der Waals surface area contributed by atoms with Crippen molar-refractivity contribution in [1.29, 1.82) is 0 Å². The predicted molar refractivity (Wildman–Crippen MR) is 45.8 cm³/mol. The zero-order chi connectivity index (χ0) is 12.5. The van der Waals surface area contributed by atoms with Crippen molar-refractivity contribution in [2.24, 2.45) is 0 Å². The molecule has 0 amide bonds. The van der Waals surface area contributed by atoms with Crippen LogP contribution in [0.2, 0.25) is 5.15 Å². The maximum atomic E-state index is 12.5. The SMILES string of the molecule is COc1c(C(F)(F)F)cnc(Cl)c1C(F)F. The molecule has 1 rings (SSSR count). The molecule has 0 bridgehead atoms. The van der Waals surface area contributed by atoms with Gasteiger partial charge in [0, 0.05) is 6.20 Å². The number of ether oxygens (including phenoxy) is 1. The van der Waals surface area contributed by atoms with Crippen molar-refractivity contribution in [2.75, 3.05) is 7.11 Å². The lowest BCUT2D eigenvalue weighted by Crippen LogP contribution is -2.10. The van der Waals surface area contributed by atoms with Crippen LogP contribution < -0.4 is 4.74 Å². The quantitative estimate of drug-likeness (QED) is 0.598. The van der Waals surface area contributed by atoms with E-state index in [1.54, 1.807) is 0 Å². The minimum absolute atomic E-state index is 0.354. The Kier molecular flexibility index (Phi) is 3.57. The molecule has 2 nitrogen and oxygen atoms in total. The van der Waals surface area contributed by atoms with Gasteiger partial charge in [-0.05, 0) is 0 Å². The summed E-state index contributed by atoms with van der Waals surface area (Å²) in [7, 11) is 0.854. The fraction of sp³-hybridized carbons (Fsp3) is 0.375. The number of rotatable bonds is 2. The molecular formula is C8H5ClF5NO. The summed E-state index contributed by atoms with van der Waals surface area (Å²) in [5, 5.41) is -0.708. The largest absolute Gasteiger partial charge is 0.495 e. The van der Waals surface area contributed by atoms with Crippen molar-refractivity contribution >= 4 is 11.6 Å². The van der Waals surface area contributed by atoms with Gasteiger partial charge in [-0.2, -0.15) is 13.2 Å². The summed E-state index contributed by atoms with van der Waals surface area (Å²) in [5.41, 5.74) is -2.44. The number of nitrogens with zero attached hydrogens (tertiary/aromatic N) is 1. The number of methoxy groups -OCH3 is 1. The number of hydrogen-bond donors (Lipinski definition) is 0. The van der Waals surface area contributed by atoms with Crippen LogP contribution in [-0.2, 0) is 6.18 Å². The Hall–Kier alpha value is -1.11. The first kappa shape index (κ1) is 13.0. The lowest BCUT2D eigenvalue weighted by Gasteiger charge is -2.15. The van der Waals surface area contributed by atoms with Crippen LogP contribution in [0.4, 0.5) is 22.0 Å². The molecule has 0 N–H and O–H groups in total. The van der Waals surface area contributed by atoms with Crippen molar-refractivity contribution < 1.29 is 26.7 Å². The summed E-state index contributed by atoms with van der Waals surface area (Å²) >= 11 is 5.29. The van der Waals surface area contributed by atoms with Crippen LogP contribution in [0.1, 0.15) is 17.6 Å². The van der Waals surface area contributed by atoms with Crippen molar-refractivity contribution in [1.82, 2.24) is 4.98 Å². The number of aromatic nitrogens is 1. The lowest BCUT2D eigenvalue weighted by molar-refractivity contribution is -0.139. The smallest absolute Gasteiger partial charge is 0.421 e. The maximum Gasteiger partial charge on any atom is 0.421 e. The van der Waals surface area contributed by atoms with E-state index in [0.717, 1.165) is 7.11 Å². The van der Waals surface area contributed by atoms with Gasteiger partial charge in [-0.25, -0.2) is 13.8 Å². The summed E-state index contributed by atoms with van der Waals surface area (Å²) in [4.78, 5) is 3.06. The second-order valence-electron chi connectivity index (χ2n) is 2.71. The molecule has 0 saturated heterocycles. The van der Waals surface area contributed by atoms with Crippen LogP contribution in [-0.4, -0.2) is 12.1 Å². The molecule has 1 aromatic heterocycles. The van der Waals surface area contributed by atoms with E-state index in [0.29, 0.717) is 6.20 Å². The van der Waals surface area contributed by atoms with E-state index < -0.39 is 34.6 Å². The van der Waals surface area contributed by atoms with E-state index >= 15 is 0 Å². The molecule has 0 aliphatic rings. The summed E-state index contributed by atoms with van der Waals surface area (Å²) in [6.07, 6.45) is -7.67. The van der Waals surface area contributed by atoms with Gasteiger partial charge in [-0.3, -0.25) is 0 Å². The first-order chi connectivity index (χ1) is 7.29. The third-order valence-corrected chi connectivity index (χ3v) is 2.05. The third kappa shape index (κ3) is 2.34. The monoisotopic (exact) mass is 261 g/mol. The minimum Gasteiger partial charge on any atom is -0.495 e. The lowest BCUT2D eigenvalue weighted by atomic mass is 10.1. The highest BCUT2D eigenvalue weighted by molar-refractivity contribution is 6.30. The van der Waals surface area contributed by atoms with Crippen LogP contribution in [0.15, 0.2) is 6.20 Å². The fourth-order valence-electron chi connectivity index (χ4n) is 1.10. The molecule has 8 heteroatoms. The highest BCUT2D eigenvalue weighted by atomic mass is 35.5. The zero-order valence-corrected chi connectivity index (χ0v) is 8.53. The predicted octanol–water partition coefficient (Wildman–Crippen LogP) is 3.70. The third-order valence-electron chi connectivity index (χ3n) is 1.75. The number of hydrogen-bond acceptors (Lipinski definition) is 2. The van der Waals surface area contributed by atoms with Crippen molar-refractivity contribution in [2.45, 2.75) is 12.6 Å². The average molecular weight is 262 g/mol. The van der Waals surface area contributed by atoms with Gasteiger partial charge in [0.25, 0.3) is 6.43 Å². The summed E-state index contributed by atoms with van der Waals surface area (Å²) in [6.45, 7) is 0. The molecule has 0 aliphatic heterocycles. The first-order valence-corrected chi connectivity index (χ1v) is 4.24. The molecule has 0 unspecified atom stereocenters. The minimum atomic E-state index is -4.83. The Morgan fingerprint density at radius 3 is 2.31 bits per heavy atom. The van der Waals surface area contributed by atoms with Gasteiger partial charge in [0.15, 0.2) is 0 Å². The van der Waals surface area contributed by atoms with E-state index in [4.69, 9.17) is 11.6 Å². The second-order valence-corrected chi connectivity index (χ2v) is 3.07. The Morgan fingerprint density at radius 1 is 1.38 bits per heavy atom. The Morgan fingerprint density at radius 2 is 1.94 bits per heavy atom. The van der Waals surface area contributed by atoms with Crippen molar-refractivity contribution in [3.8, 4) is 5.75 Å². The molecular weight excluding hydrogens is 257 g/mol. The highest BCUT2D eigenvalue weighted by Gasteiger charge is 2.38. The van der Waals surface area contributed by atoms with E-state index in [2.05, 4.69) is 9.72 Å². The summed E-state index contributed by atoms with van der Waals surface area (Å²) < 4.78 is 66.5. The number of alkyl halides is 5. The molecule has 0 radical (unpaired) electrons. The Bertz CT molecular complexity index is 393. The molecule has 90 valence electrons. The van der Waals surface area contributed by atoms with Gasteiger partial charge >= 0.3 is 6.18 Å². The first-order valence-electron chi connectivity index (χ1n) is 3.86. The molecule has 1 heterocycles. The number of pyridine rings is 1. The Balaban J connectivity index is 3.49. The molecule has 0 aliphatic carbocycles. The van der Waals surface area contributed by atoms with E-state index in [1.165, 1.54) is 0 Å². The zero-order valence-electron chi connectivity index (χ0n) is 7.78. The molecule has 0 spiro atoms. The fourth-order valence-corrected chi connectivity index (χ4v) is 1.32. The van der Waals surface area contributed by atoms with E-state index in [-0.39, 0.29) is 0 Å². The van der Waals surface area contributed by atoms with Crippen LogP contribution in [0.25, 0.3) is 0 Å². The summed E-state index contributed by atoms with van der Waals surface area (Å²) in [6, 6.07) is 0. The standard InChI is InChI=1S/C8H5ClF5NO/c1-16-5-3(8(12,13)14)2-15-6(9)4(5)7(10)11/h2,7H,1H3. The number of halogens is 6. The van der Waals surface area contributed by atoms with Gasteiger partial charge < -0.3 is 4.74 Å². The second kappa shape index (κ2) is 4.40. The van der Waals surface area contributed by atoms with Gasteiger partial charge in [-0.1, -0.05) is 11.6 Å². The van der Waals surface area contributed by atoms with Crippen molar-refractivity contribution in [3.05, 3.63) is 22.5 Å². The van der Waals surface area contributed by atoms with Crippen LogP contribution in [0.5, 0.6) is 5.75 Å². The Labute approximate surface area is 92.0 Å². The van der Waals surface area contributed by atoms with Gasteiger partial charge in [0.2, 0.25) is 0 Å². The molecule has 1 aromatic rings. The molecule has 0 atom stereocenters. The van der Waals surface area contributed by atoms with Gasteiger partial charge in [-0.15, -0.1) is 0 Å². The van der Waals surface area contributed by atoms with Crippen LogP contribution in [0.3, 0.4) is 0 Å². The van der Waals surface area contributed by atoms with Crippen LogP contribution >= 0.6 is 11.6 Å². The molecule has 0 aromatic carbocycles. The average Bonchev–Trinajstić information content (AvgIpc) is 2.14. The highest BCUT2D eigenvalue weighted by Crippen LogP contribution is 2.42. The summed E-state index contributed by atoms with van der Waals surface area (Å²) in [5.74, 6) is -0.998. The molecule has 16 heavy (non-hydrogen) atoms. The molecule has 0 saturated carbocycles. The molecule has 0 fully saturated rings. The van der Waals surface area contributed by atoms with Crippen LogP contribution in [0, 0.1) is 0 Å². The normalized spacial score (nSPS) is 12.0. The van der Waals surface area contributed by atoms with Gasteiger partial charge in [0.1, 0.15) is 16.5 Å². The van der Waals surface area contributed by atoms with Crippen molar-refractivity contribution in [3.63, 3.8) is 0 Å².